The molecule has 1 atom stereocenters. The number of fused-ring (bicyclic) bond motifs is 1. The average molecular weight is 176 g/mol. The fourth-order valence-electron chi connectivity index (χ4n) is 1.50. The van der Waals surface area contributed by atoms with Gasteiger partial charge in [0.2, 0.25) is 0 Å². The van der Waals surface area contributed by atoms with Gasteiger partial charge >= 0.3 is 0 Å². The highest BCUT2D eigenvalue weighted by Crippen LogP contribution is 2.06. The molecule has 0 aromatic rings. The van der Waals surface area contributed by atoms with Crippen LogP contribution in [0.2, 0.25) is 0 Å². The summed E-state index contributed by atoms with van der Waals surface area (Å²) in [4.78, 5) is 0. The van der Waals surface area contributed by atoms with Crippen molar-refractivity contribution in [3.05, 3.63) is 11.8 Å². The fraction of sp³-hybridized carbons (Fsp3) is 0.714. The van der Waals surface area contributed by atoms with Gasteiger partial charge in [0.25, 0.3) is 0 Å². The van der Waals surface area contributed by atoms with Crippen LogP contribution in [0.25, 0.3) is 0 Å². The van der Waals surface area contributed by atoms with Crippen molar-refractivity contribution in [2.75, 3.05) is 19.8 Å². The molecule has 0 saturated carbocycles. The zero-order valence-electron chi connectivity index (χ0n) is 6.39. The Kier molecular flexibility index (Phi) is 3.17. The summed E-state index contributed by atoms with van der Waals surface area (Å²) >= 11 is 0. The quantitative estimate of drug-likeness (QED) is 0.478. The van der Waals surface area contributed by atoms with Crippen LogP contribution < -0.4 is 16.0 Å². The van der Waals surface area contributed by atoms with E-state index in [1.165, 1.54) is 12.1 Å². The van der Waals surface area contributed by atoms with Crippen LogP contribution in [0.3, 0.4) is 0 Å². The number of halogens is 1. The standard InChI is InChI=1S/C7H13N3.ClH/c1-2-6-7(9-3-1)4-8-5-10-6;/h2,7-10H,1,3-5H2;1H. The van der Waals surface area contributed by atoms with Gasteiger partial charge in [0.1, 0.15) is 0 Å². The first-order valence-electron chi connectivity index (χ1n) is 3.85. The summed E-state index contributed by atoms with van der Waals surface area (Å²) in [5.41, 5.74) is 1.38. The molecule has 1 saturated heterocycles. The van der Waals surface area contributed by atoms with Gasteiger partial charge in [0.05, 0.1) is 12.7 Å². The van der Waals surface area contributed by atoms with E-state index in [1.54, 1.807) is 0 Å². The maximum atomic E-state index is 3.43. The SMILES string of the molecule is C1=C2NCNCC2NCC1.Cl. The van der Waals surface area contributed by atoms with Crippen molar-refractivity contribution in [2.45, 2.75) is 12.5 Å². The molecular weight excluding hydrogens is 162 g/mol. The van der Waals surface area contributed by atoms with Gasteiger partial charge in [-0.05, 0) is 13.0 Å². The molecule has 0 amide bonds. The third-order valence-electron chi connectivity index (χ3n) is 2.04. The molecule has 11 heavy (non-hydrogen) atoms. The van der Waals surface area contributed by atoms with Gasteiger partial charge < -0.3 is 10.6 Å². The molecule has 0 aliphatic carbocycles. The summed E-state index contributed by atoms with van der Waals surface area (Å²) in [7, 11) is 0. The topological polar surface area (TPSA) is 36.1 Å². The number of hydrogen-bond acceptors (Lipinski definition) is 3. The van der Waals surface area contributed by atoms with Crippen LogP contribution in [-0.2, 0) is 0 Å². The normalized spacial score (nSPS) is 29.1. The minimum Gasteiger partial charge on any atom is -0.375 e. The minimum atomic E-state index is 0. The maximum Gasteiger partial charge on any atom is 0.0651 e. The molecule has 2 rings (SSSR count). The van der Waals surface area contributed by atoms with E-state index < -0.39 is 0 Å². The second kappa shape index (κ2) is 3.95. The molecule has 1 fully saturated rings. The third-order valence-corrected chi connectivity index (χ3v) is 2.04. The van der Waals surface area contributed by atoms with Crippen LogP contribution in [0, 0.1) is 0 Å². The predicted octanol–water partition coefficient (Wildman–Crippen LogP) is -0.196. The molecule has 3 nitrogen and oxygen atoms in total. The molecule has 0 spiro atoms. The molecule has 3 N–H and O–H groups in total. The molecular formula is C7H14ClN3. The molecule has 0 aromatic heterocycles. The van der Waals surface area contributed by atoms with Crippen LogP contribution in [0.15, 0.2) is 11.8 Å². The number of nitrogens with one attached hydrogen (secondary N) is 3. The first-order valence-corrected chi connectivity index (χ1v) is 3.85. The zero-order chi connectivity index (χ0) is 6.81. The van der Waals surface area contributed by atoms with Crippen molar-refractivity contribution < 1.29 is 0 Å². The van der Waals surface area contributed by atoms with E-state index in [-0.39, 0.29) is 12.4 Å². The van der Waals surface area contributed by atoms with Crippen LogP contribution in [0.4, 0.5) is 0 Å². The smallest absolute Gasteiger partial charge is 0.0651 e. The van der Waals surface area contributed by atoms with E-state index in [1.807, 2.05) is 0 Å². The van der Waals surface area contributed by atoms with Gasteiger partial charge in [0, 0.05) is 12.2 Å². The van der Waals surface area contributed by atoms with Gasteiger partial charge in [-0.2, -0.15) is 0 Å². The lowest BCUT2D eigenvalue weighted by Gasteiger charge is -2.31. The lowest BCUT2D eigenvalue weighted by atomic mass is 10.1. The Balaban J connectivity index is 0.000000605. The summed E-state index contributed by atoms with van der Waals surface area (Å²) in [5, 5.41) is 10.0. The van der Waals surface area contributed by atoms with Crippen molar-refractivity contribution in [3.63, 3.8) is 0 Å². The second-order valence-corrected chi connectivity index (χ2v) is 2.76. The Bertz CT molecular complexity index is 158. The lowest BCUT2D eigenvalue weighted by molar-refractivity contribution is 0.425. The second-order valence-electron chi connectivity index (χ2n) is 2.76. The van der Waals surface area contributed by atoms with Crippen LogP contribution in [0.5, 0.6) is 0 Å². The van der Waals surface area contributed by atoms with Gasteiger partial charge in [-0.1, -0.05) is 6.08 Å². The van der Waals surface area contributed by atoms with Crippen LogP contribution in [-0.4, -0.2) is 25.8 Å². The van der Waals surface area contributed by atoms with Crippen LogP contribution in [0.1, 0.15) is 6.42 Å². The van der Waals surface area contributed by atoms with Crippen molar-refractivity contribution in [2.24, 2.45) is 0 Å². The molecule has 1 unspecified atom stereocenters. The van der Waals surface area contributed by atoms with Crippen molar-refractivity contribution >= 4 is 12.4 Å². The molecule has 0 aromatic carbocycles. The molecule has 4 heteroatoms. The van der Waals surface area contributed by atoms with Crippen molar-refractivity contribution in [1.29, 1.82) is 0 Å². The summed E-state index contributed by atoms with van der Waals surface area (Å²) in [5.74, 6) is 0. The van der Waals surface area contributed by atoms with Crippen molar-refractivity contribution in [1.82, 2.24) is 16.0 Å². The molecule has 2 heterocycles. The first kappa shape index (κ1) is 8.84. The number of hydrogen-bond donors (Lipinski definition) is 3. The van der Waals surface area contributed by atoms with Crippen molar-refractivity contribution in [3.8, 4) is 0 Å². The third kappa shape index (κ3) is 1.86. The first-order chi connectivity index (χ1) is 4.97. The summed E-state index contributed by atoms with van der Waals surface area (Å²) in [6.07, 6.45) is 3.46. The highest BCUT2D eigenvalue weighted by atomic mass is 35.5. The predicted molar refractivity (Wildman–Crippen MR) is 47.7 cm³/mol. The van der Waals surface area contributed by atoms with Gasteiger partial charge in [0.15, 0.2) is 0 Å². The Morgan fingerprint density at radius 1 is 1.45 bits per heavy atom. The molecule has 2 aliphatic rings. The lowest BCUT2D eigenvalue weighted by Crippen LogP contribution is -2.53. The summed E-state index contributed by atoms with van der Waals surface area (Å²) in [6, 6.07) is 0.544. The van der Waals surface area contributed by atoms with Gasteiger partial charge in [-0.15, -0.1) is 12.4 Å². The molecule has 2 aliphatic heterocycles. The summed E-state index contributed by atoms with van der Waals surface area (Å²) < 4.78 is 0. The highest BCUT2D eigenvalue weighted by Gasteiger charge is 2.18. The molecule has 0 bridgehead atoms. The van der Waals surface area contributed by atoms with Gasteiger partial charge in [-0.3, -0.25) is 5.32 Å². The number of rotatable bonds is 0. The van der Waals surface area contributed by atoms with E-state index in [4.69, 9.17) is 0 Å². The Morgan fingerprint density at radius 3 is 3.18 bits per heavy atom. The molecule has 64 valence electrons. The fourth-order valence-corrected chi connectivity index (χ4v) is 1.50. The Labute approximate surface area is 73.0 Å². The highest BCUT2D eigenvalue weighted by molar-refractivity contribution is 5.85. The van der Waals surface area contributed by atoms with E-state index in [9.17, 15) is 0 Å². The average Bonchev–Trinajstić information content (AvgIpc) is 2.05. The van der Waals surface area contributed by atoms with Gasteiger partial charge in [-0.25, -0.2) is 0 Å². The van der Waals surface area contributed by atoms with E-state index in [0.717, 1.165) is 19.8 Å². The van der Waals surface area contributed by atoms with E-state index >= 15 is 0 Å². The molecule has 0 radical (unpaired) electrons. The maximum absolute atomic E-state index is 3.43. The minimum absolute atomic E-state index is 0. The monoisotopic (exact) mass is 175 g/mol. The van der Waals surface area contributed by atoms with E-state index in [0.29, 0.717) is 6.04 Å². The van der Waals surface area contributed by atoms with E-state index in [2.05, 4.69) is 22.0 Å². The largest absolute Gasteiger partial charge is 0.375 e. The Hall–Kier alpha value is -0.250. The zero-order valence-corrected chi connectivity index (χ0v) is 7.21. The summed E-state index contributed by atoms with van der Waals surface area (Å²) in [6.45, 7) is 3.11. The van der Waals surface area contributed by atoms with Crippen LogP contribution >= 0.6 is 12.4 Å². The Morgan fingerprint density at radius 2 is 2.36 bits per heavy atom.